The molecule has 0 atom stereocenters. The summed E-state index contributed by atoms with van der Waals surface area (Å²) in [6, 6.07) is 3.42. The number of benzene rings is 1. The first-order valence-electron chi connectivity index (χ1n) is 5.26. The van der Waals surface area contributed by atoms with E-state index in [2.05, 4.69) is 5.32 Å². The molecular formula is C9H14AsNO8S. The van der Waals surface area contributed by atoms with Crippen LogP contribution in [0.15, 0.2) is 18.2 Å². The molecule has 0 spiro atoms. The third-order valence-electron chi connectivity index (χ3n) is 2.09. The van der Waals surface area contributed by atoms with Crippen LogP contribution in [0.25, 0.3) is 0 Å². The Morgan fingerprint density at radius 2 is 1.95 bits per heavy atom. The summed E-state index contributed by atoms with van der Waals surface area (Å²) in [6.07, 6.45) is 0. The molecule has 9 nitrogen and oxygen atoms in total. The van der Waals surface area contributed by atoms with Crippen molar-refractivity contribution in [1.29, 1.82) is 0 Å². The fourth-order valence-corrected chi connectivity index (χ4v) is 2.81. The van der Waals surface area contributed by atoms with Crippen LogP contribution in [0.2, 0.25) is 0 Å². The molecule has 0 aliphatic heterocycles. The quantitative estimate of drug-likeness (QED) is 0.267. The molecule has 0 bridgehead atoms. The van der Waals surface area contributed by atoms with Crippen molar-refractivity contribution in [3.63, 3.8) is 0 Å². The number of rotatable bonds is 7. The molecule has 0 aliphatic rings. The topological polar surface area (TPSA) is 153 Å². The maximum absolute atomic E-state index is 11.2. The van der Waals surface area contributed by atoms with Crippen LogP contribution in [0, 0.1) is 0 Å². The number of ether oxygens (including phenoxy) is 1. The Balaban J connectivity index is 3.09. The zero-order valence-electron chi connectivity index (χ0n) is 10.1. The van der Waals surface area contributed by atoms with E-state index in [-0.39, 0.29) is 29.0 Å². The molecular weight excluding hydrogens is 357 g/mol. The fraction of sp³-hybridized carbons (Fsp3) is 0.333. The average molecular weight is 371 g/mol. The van der Waals surface area contributed by atoms with E-state index in [4.69, 9.17) is 22.6 Å². The normalized spacial score (nSPS) is 12.2. The molecule has 5 N–H and O–H groups in total. The number of hydrogen-bond donors (Lipinski definition) is 5. The molecule has 114 valence electrons. The Hall–Kier alpha value is -1.03. The monoisotopic (exact) mass is 371 g/mol. The Labute approximate surface area is 117 Å². The minimum atomic E-state index is -5.14. The first kappa shape index (κ1) is 17.0. The SMILES string of the molecule is O=S(=O)(O)CNc1cc([As](=O)(O)O)ccc1OCCO. The molecule has 1 rings (SSSR count). The fourth-order valence-electron chi connectivity index (χ4n) is 1.29. The van der Waals surface area contributed by atoms with E-state index < -0.39 is 30.2 Å². The zero-order valence-corrected chi connectivity index (χ0v) is 12.8. The molecule has 0 heterocycles. The second-order valence-corrected chi connectivity index (χ2v) is 8.52. The average Bonchev–Trinajstić information content (AvgIpc) is 2.32. The molecule has 0 saturated heterocycles. The van der Waals surface area contributed by atoms with Crippen molar-refractivity contribution in [1.82, 2.24) is 0 Å². The standard InChI is InChI=1S/C9H14AsNO8S/c12-3-4-19-9-2-1-7(10(13,14)15)5-8(9)11-6-20(16,17)18/h1-2,5,11-12H,3-4,6H2,(H2,13,14,15)(H,16,17,18). The van der Waals surface area contributed by atoms with Gasteiger partial charge in [-0.05, 0) is 0 Å². The molecule has 0 radical (unpaired) electrons. The summed E-state index contributed by atoms with van der Waals surface area (Å²) in [7, 11) is -4.31. The summed E-state index contributed by atoms with van der Waals surface area (Å²) >= 11 is -5.14. The molecule has 20 heavy (non-hydrogen) atoms. The molecule has 1 aromatic carbocycles. The van der Waals surface area contributed by atoms with E-state index >= 15 is 0 Å². The van der Waals surface area contributed by atoms with Gasteiger partial charge in [0.05, 0.1) is 0 Å². The summed E-state index contributed by atoms with van der Waals surface area (Å²) in [5.74, 6) is -0.754. The van der Waals surface area contributed by atoms with Crippen LogP contribution in [0.4, 0.5) is 5.69 Å². The third kappa shape index (κ3) is 5.53. The van der Waals surface area contributed by atoms with Gasteiger partial charge in [-0.3, -0.25) is 0 Å². The molecule has 0 fully saturated rings. The first-order valence-corrected chi connectivity index (χ1v) is 10.3. The Kier molecular flexibility index (Phi) is 5.63. The van der Waals surface area contributed by atoms with Gasteiger partial charge in [-0.2, -0.15) is 0 Å². The summed E-state index contributed by atoms with van der Waals surface area (Å²) in [5, 5.41) is 11.0. The van der Waals surface area contributed by atoms with Gasteiger partial charge in [0.25, 0.3) is 0 Å². The van der Waals surface area contributed by atoms with Gasteiger partial charge in [0.1, 0.15) is 0 Å². The van der Waals surface area contributed by atoms with Gasteiger partial charge in [0.2, 0.25) is 0 Å². The van der Waals surface area contributed by atoms with Crippen molar-refractivity contribution in [3.05, 3.63) is 18.2 Å². The summed E-state index contributed by atoms with van der Waals surface area (Å²) in [4.78, 5) is 0. The van der Waals surface area contributed by atoms with Crippen LogP contribution >= 0.6 is 0 Å². The van der Waals surface area contributed by atoms with E-state index in [0.717, 1.165) is 12.1 Å². The minimum absolute atomic E-state index is 0.0155. The van der Waals surface area contributed by atoms with Crippen LogP contribution in [-0.2, 0) is 13.9 Å². The first-order chi connectivity index (χ1) is 9.13. The van der Waals surface area contributed by atoms with E-state index in [1.165, 1.54) is 6.07 Å². The molecule has 0 aliphatic carbocycles. The zero-order chi connectivity index (χ0) is 15.4. The van der Waals surface area contributed by atoms with Gasteiger partial charge >= 0.3 is 117 Å². The third-order valence-corrected chi connectivity index (χ3v) is 4.60. The Morgan fingerprint density at radius 1 is 1.30 bits per heavy atom. The van der Waals surface area contributed by atoms with Gasteiger partial charge < -0.3 is 0 Å². The van der Waals surface area contributed by atoms with Crippen LogP contribution in [0.5, 0.6) is 5.75 Å². The number of anilines is 1. The summed E-state index contributed by atoms with van der Waals surface area (Å²) < 4.78 is 64.2. The molecule has 11 heteroatoms. The molecule has 1 aromatic rings. The predicted octanol–water partition coefficient (Wildman–Crippen LogP) is -2.12. The van der Waals surface area contributed by atoms with Crippen LogP contribution < -0.4 is 14.4 Å². The number of aliphatic hydroxyl groups excluding tert-OH is 1. The summed E-state index contributed by atoms with van der Waals surface area (Å²) in [5.41, 5.74) is -0.0155. The second kappa shape index (κ2) is 6.61. The van der Waals surface area contributed by atoms with Crippen molar-refractivity contribution >= 4 is 34.3 Å². The van der Waals surface area contributed by atoms with Gasteiger partial charge in [0.15, 0.2) is 0 Å². The molecule has 0 aromatic heterocycles. The van der Waals surface area contributed by atoms with E-state index in [1.807, 2.05) is 0 Å². The van der Waals surface area contributed by atoms with Crippen molar-refractivity contribution < 1.29 is 34.7 Å². The Bertz CT molecular complexity index is 610. The molecule has 0 unspecified atom stereocenters. The second-order valence-electron chi connectivity index (χ2n) is 3.70. The van der Waals surface area contributed by atoms with Crippen molar-refractivity contribution in [2.24, 2.45) is 0 Å². The molecule has 0 amide bonds. The number of hydrogen-bond acceptors (Lipinski definition) is 6. The summed E-state index contributed by atoms with van der Waals surface area (Å²) in [6.45, 7) is -0.372. The predicted molar refractivity (Wildman–Crippen MR) is 69.6 cm³/mol. The van der Waals surface area contributed by atoms with Crippen LogP contribution in [-0.4, -0.2) is 59.5 Å². The van der Waals surface area contributed by atoms with Gasteiger partial charge in [-0.15, -0.1) is 0 Å². The van der Waals surface area contributed by atoms with Gasteiger partial charge in [-0.1, -0.05) is 0 Å². The van der Waals surface area contributed by atoms with E-state index in [1.54, 1.807) is 0 Å². The van der Waals surface area contributed by atoms with Crippen molar-refractivity contribution in [2.75, 3.05) is 24.4 Å². The Morgan fingerprint density at radius 3 is 2.45 bits per heavy atom. The van der Waals surface area contributed by atoms with Crippen LogP contribution in [0.1, 0.15) is 0 Å². The van der Waals surface area contributed by atoms with Crippen LogP contribution in [0.3, 0.4) is 0 Å². The van der Waals surface area contributed by atoms with Crippen molar-refractivity contribution in [2.45, 2.75) is 0 Å². The van der Waals surface area contributed by atoms with Gasteiger partial charge in [0, 0.05) is 0 Å². The van der Waals surface area contributed by atoms with E-state index in [9.17, 15) is 12.2 Å². The molecule has 0 saturated carbocycles. The van der Waals surface area contributed by atoms with E-state index in [0.29, 0.717) is 0 Å². The van der Waals surface area contributed by atoms with Gasteiger partial charge in [-0.25, -0.2) is 0 Å². The maximum atomic E-state index is 11.2. The number of nitrogens with one attached hydrogen (secondary N) is 1. The van der Waals surface area contributed by atoms with Crippen molar-refractivity contribution in [3.8, 4) is 5.75 Å². The number of aliphatic hydroxyl groups is 1.